The number of halogens is 3. The Kier molecular flexibility index (Phi) is 18.4. The first-order chi connectivity index (χ1) is 20.8. The van der Waals surface area contributed by atoms with Crippen LogP contribution in [0.4, 0.5) is 24.5 Å². The lowest BCUT2D eigenvalue weighted by Crippen LogP contribution is -2.15. The Labute approximate surface area is 257 Å². The summed E-state index contributed by atoms with van der Waals surface area (Å²) < 4.78 is 38.8. The van der Waals surface area contributed by atoms with E-state index in [-0.39, 0.29) is 17.2 Å². The predicted molar refractivity (Wildman–Crippen MR) is 172 cm³/mol. The summed E-state index contributed by atoms with van der Waals surface area (Å²) >= 11 is 0. The van der Waals surface area contributed by atoms with E-state index in [1.54, 1.807) is 18.2 Å². The van der Waals surface area contributed by atoms with Gasteiger partial charge in [0.05, 0.1) is 5.56 Å². The molecule has 0 aliphatic rings. The Bertz CT molecular complexity index is 1050. The Balaban J connectivity index is 1.48. The quantitative estimate of drug-likeness (QED) is 0.124. The number of alkyl halides is 3. The fraction of sp³-hybridized carbons (Fsp3) is 0.611. The van der Waals surface area contributed by atoms with E-state index >= 15 is 0 Å². The van der Waals surface area contributed by atoms with Gasteiger partial charge in [-0.25, -0.2) is 0 Å². The van der Waals surface area contributed by atoms with Crippen molar-refractivity contribution in [3.8, 4) is 0 Å². The van der Waals surface area contributed by atoms with Gasteiger partial charge in [0.2, 0.25) is 5.91 Å². The van der Waals surface area contributed by atoms with E-state index in [2.05, 4.69) is 17.6 Å². The number of carbonyl (C=O) groups excluding carboxylic acids is 2. The zero-order valence-electron chi connectivity index (χ0n) is 26.2. The van der Waals surface area contributed by atoms with Gasteiger partial charge >= 0.3 is 6.18 Å². The summed E-state index contributed by atoms with van der Waals surface area (Å²) in [6.45, 7) is 2.27. The second kappa shape index (κ2) is 21.8. The minimum Gasteiger partial charge on any atom is -0.326 e. The maximum absolute atomic E-state index is 12.9. The van der Waals surface area contributed by atoms with Crippen LogP contribution in [0.2, 0.25) is 0 Å². The number of benzene rings is 2. The summed E-state index contributed by atoms with van der Waals surface area (Å²) in [5.74, 6) is -0.656. The molecule has 0 saturated carbocycles. The molecule has 7 heteroatoms. The first-order valence-electron chi connectivity index (χ1n) is 16.7. The number of hydrogen-bond acceptors (Lipinski definition) is 2. The van der Waals surface area contributed by atoms with Gasteiger partial charge in [0.25, 0.3) is 5.91 Å². The van der Waals surface area contributed by atoms with Crippen molar-refractivity contribution in [3.63, 3.8) is 0 Å². The van der Waals surface area contributed by atoms with Crippen LogP contribution in [-0.2, 0) is 11.0 Å². The summed E-state index contributed by atoms with van der Waals surface area (Å²) in [7, 11) is 0. The van der Waals surface area contributed by atoms with Crippen LogP contribution in [0.5, 0.6) is 0 Å². The molecule has 0 unspecified atom stereocenters. The number of hydrogen-bond donors (Lipinski definition) is 2. The van der Waals surface area contributed by atoms with Crippen LogP contribution < -0.4 is 10.6 Å². The average molecular weight is 603 g/mol. The number of unbranched alkanes of at least 4 members (excludes halogenated alkanes) is 18. The van der Waals surface area contributed by atoms with Gasteiger partial charge in [0.1, 0.15) is 0 Å². The molecule has 0 fully saturated rings. The van der Waals surface area contributed by atoms with Crippen molar-refractivity contribution < 1.29 is 22.8 Å². The van der Waals surface area contributed by atoms with Gasteiger partial charge in [-0.2, -0.15) is 13.2 Å². The summed E-state index contributed by atoms with van der Waals surface area (Å²) in [6.07, 6.45) is 20.7. The highest BCUT2D eigenvalue weighted by Gasteiger charge is 2.30. The Morgan fingerprint density at radius 1 is 0.581 bits per heavy atom. The van der Waals surface area contributed by atoms with Crippen LogP contribution in [0, 0.1) is 0 Å². The molecule has 2 rings (SSSR count). The molecule has 0 spiro atoms. The number of carbonyl (C=O) groups is 2. The molecule has 0 atom stereocenters. The van der Waals surface area contributed by atoms with Crippen LogP contribution in [0.15, 0.2) is 48.5 Å². The van der Waals surface area contributed by atoms with Gasteiger partial charge in [-0.1, -0.05) is 135 Å². The number of rotatable bonds is 23. The first kappa shape index (κ1) is 36.4. The highest BCUT2D eigenvalue weighted by molar-refractivity contribution is 6.05. The molecule has 2 amide bonds. The van der Waals surface area contributed by atoms with Crippen LogP contribution in [-0.4, -0.2) is 11.8 Å². The van der Waals surface area contributed by atoms with Crippen molar-refractivity contribution >= 4 is 23.2 Å². The van der Waals surface area contributed by atoms with E-state index in [0.717, 1.165) is 31.4 Å². The topological polar surface area (TPSA) is 58.2 Å². The zero-order valence-corrected chi connectivity index (χ0v) is 26.2. The second-order valence-corrected chi connectivity index (χ2v) is 11.8. The van der Waals surface area contributed by atoms with Crippen molar-refractivity contribution in [2.75, 3.05) is 10.6 Å². The van der Waals surface area contributed by atoms with Gasteiger partial charge < -0.3 is 10.6 Å². The van der Waals surface area contributed by atoms with Crippen molar-refractivity contribution in [3.05, 3.63) is 59.7 Å². The summed E-state index contributed by atoms with van der Waals surface area (Å²) in [5.41, 5.74) is -0.0436. The molecule has 240 valence electrons. The molecule has 0 heterocycles. The highest BCUT2D eigenvalue weighted by Crippen LogP contribution is 2.30. The first-order valence-corrected chi connectivity index (χ1v) is 16.7. The van der Waals surface area contributed by atoms with E-state index in [1.807, 2.05) is 0 Å². The summed E-state index contributed by atoms with van der Waals surface area (Å²) in [5, 5.41) is 5.31. The fourth-order valence-corrected chi connectivity index (χ4v) is 5.30. The van der Waals surface area contributed by atoms with Gasteiger partial charge in [0.15, 0.2) is 0 Å². The second-order valence-electron chi connectivity index (χ2n) is 11.8. The SMILES string of the molecule is CCCCCCCCCCCCCCCCCCCCCC(=O)Nc1cccc(C(=O)Nc2cccc(C(F)(F)F)c2)c1. The lowest BCUT2D eigenvalue weighted by atomic mass is 10.0. The maximum atomic E-state index is 12.9. The molecule has 2 N–H and O–H groups in total. The summed E-state index contributed by atoms with van der Waals surface area (Å²) in [6, 6.07) is 10.9. The molecule has 0 radical (unpaired) electrons. The van der Waals surface area contributed by atoms with E-state index in [9.17, 15) is 22.8 Å². The summed E-state index contributed by atoms with van der Waals surface area (Å²) in [4.78, 5) is 24.9. The molecular formula is C36H53F3N2O2. The van der Waals surface area contributed by atoms with Crippen LogP contribution >= 0.6 is 0 Å². The van der Waals surface area contributed by atoms with Crippen LogP contribution in [0.1, 0.15) is 151 Å². The average Bonchev–Trinajstić information content (AvgIpc) is 2.98. The van der Waals surface area contributed by atoms with Crippen molar-refractivity contribution in [1.29, 1.82) is 0 Å². The molecule has 43 heavy (non-hydrogen) atoms. The van der Waals surface area contributed by atoms with Crippen LogP contribution in [0.3, 0.4) is 0 Å². The monoisotopic (exact) mass is 602 g/mol. The molecule has 4 nitrogen and oxygen atoms in total. The molecule has 0 bridgehead atoms. The van der Waals surface area contributed by atoms with Gasteiger partial charge in [-0.3, -0.25) is 9.59 Å². The smallest absolute Gasteiger partial charge is 0.326 e. The van der Waals surface area contributed by atoms with Gasteiger partial charge in [-0.15, -0.1) is 0 Å². The predicted octanol–water partition coefficient (Wildman–Crippen LogP) is 11.7. The molecule has 0 aliphatic heterocycles. The van der Waals surface area contributed by atoms with E-state index in [1.165, 1.54) is 121 Å². The minimum atomic E-state index is -4.49. The van der Waals surface area contributed by atoms with Crippen molar-refractivity contribution in [2.24, 2.45) is 0 Å². The number of amides is 2. The lowest BCUT2D eigenvalue weighted by molar-refractivity contribution is -0.137. The van der Waals surface area contributed by atoms with Gasteiger partial charge in [-0.05, 0) is 42.8 Å². The number of anilines is 2. The third-order valence-electron chi connectivity index (χ3n) is 7.86. The Morgan fingerprint density at radius 3 is 1.51 bits per heavy atom. The van der Waals surface area contributed by atoms with Gasteiger partial charge in [0, 0.05) is 23.4 Å². The largest absolute Gasteiger partial charge is 0.416 e. The van der Waals surface area contributed by atoms with E-state index in [4.69, 9.17) is 0 Å². The Hall–Kier alpha value is -2.83. The fourth-order valence-electron chi connectivity index (χ4n) is 5.30. The normalized spacial score (nSPS) is 11.4. The molecule has 2 aromatic rings. The molecular weight excluding hydrogens is 549 g/mol. The lowest BCUT2D eigenvalue weighted by Gasteiger charge is -2.11. The standard InChI is InChI=1S/C36H53F3N2O2/c1-2-3-4-5-6-7-8-9-10-11-12-13-14-15-16-17-18-19-20-27-34(42)40-32-25-21-23-30(28-32)35(43)41-33-26-22-24-31(29-33)36(37,38)39/h21-26,28-29H,2-20,27H2,1H3,(H,40,42)(H,41,43). The molecule has 0 aromatic heterocycles. The Morgan fingerprint density at radius 2 is 1.02 bits per heavy atom. The van der Waals surface area contributed by atoms with E-state index < -0.39 is 17.6 Å². The minimum absolute atomic E-state index is 0.0543. The van der Waals surface area contributed by atoms with E-state index in [0.29, 0.717) is 12.1 Å². The third-order valence-corrected chi connectivity index (χ3v) is 7.86. The van der Waals surface area contributed by atoms with Crippen LogP contribution in [0.25, 0.3) is 0 Å². The van der Waals surface area contributed by atoms with Crippen molar-refractivity contribution in [1.82, 2.24) is 0 Å². The molecule has 0 aliphatic carbocycles. The zero-order chi connectivity index (χ0) is 31.2. The maximum Gasteiger partial charge on any atom is 0.416 e. The number of nitrogens with one attached hydrogen (secondary N) is 2. The van der Waals surface area contributed by atoms with Crippen molar-refractivity contribution in [2.45, 2.75) is 142 Å². The molecule has 0 saturated heterocycles. The third kappa shape index (κ3) is 17.2. The highest BCUT2D eigenvalue weighted by atomic mass is 19.4. The molecule has 2 aromatic carbocycles.